The Bertz CT molecular complexity index is 463. The lowest BCUT2D eigenvalue weighted by Gasteiger charge is -2.27. The van der Waals surface area contributed by atoms with Gasteiger partial charge in [0.25, 0.3) is 0 Å². The van der Waals surface area contributed by atoms with Crippen molar-refractivity contribution in [1.29, 1.82) is 0 Å². The van der Waals surface area contributed by atoms with Crippen molar-refractivity contribution in [3.05, 3.63) is 60.3 Å². The second-order valence-corrected chi connectivity index (χ2v) is 5.21. The summed E-state index contributed by atoms with van der Waals surface area (Å²) < 4.78 is 0. The zero-order valence-corrected chi connectivity index (χ0v) is 11.1. The number of rotatable bonds is 5. The first-order chi connectivity index (χ1) is 8.66. The van der Waals surface area contributed by atoms with Gasteiger partial charge < -0.3 is 5.32 Å². The molecule has 0 atom stereocenters. The van der Waals surface area contributed by atoms with E-state index in [-0.39, 0.29) is 5.54 Å². The van der Waals surface area contributed by atoms with Gasteiger partial charge in [-0.1, -0.05) is 36.4 Å². The Kier molecular flexibility index (Phi) is 3.98. The van der Waals surface area contributed by atoms with E-state index in [1.54, 1.807) is 0 Å². The Labute approximate surface area is 109 Å². The Hall–Kier alpha value is -1.83. The predicted octanol–water partition coefficient (Wildman–Crippen LogP) is 3.90. The topological polar surface area (TPSA) is 24.9 Å². The van der Waals surface area contributed by atoms with Crippen LogP contribution < -0.4 is 5.32 Å². The third-order valence-corrected chi connectivity index (χ3v) is 3.01. The van der Waals surface area contributed by atoms with Gasteiger partial charge in [0.1, 0.15) is 5.82 Å². The van der Waals surface area contributed by atoms with Crippen LogP contribution in [0.5, 0.6) is 0 Å². The van der Waals surface area contributed by atoms with E-state index >= 15 is 0 Å². The Morgan fingerprint density at radius 1 is 1.00 bits per heavy atom. The summed E-state index contributed by atoms with van der Waals surface area (Å²) in [6.07, 6.45) is 3.97. The van der Waals surface area contributed by atoms with Crippen LogP contribution in [0.15, 0.2) is 54.7 Å². The molecule has 18 heavy (non-hydrogen) atoms. The van der Waals surface area contributed by atoms with E-state index in [0.29, 0.717) is 0 Å². The largest absolute Gasteiger partial charge is 0.365 e. The number of hydrogen-bond donors (Lipinski definition) is 1. The lowest BCUT2D eigenvalue weighted by atomic mass is 9.95. The summed E-state index contributed by atoms with van der Waals surface area (Å²) in [4.78, 5) is 4.31. The van der Waals surface area contributed by atoms with E-state index < -0.39 is 0 Å². The highest BCUT2D eigenvalue weighted by atomic mass is 15.0. The van der Waals surface area contributed by atoms with Crippen LogP contribution >= 0.6 is 0 Å². The molecule has 1 aromatic heterocycles. The SMILES string of the molecule is CC(C)(CCc1ccccc1)Nc1ccccn1. The Morgan fingerprint density at radius 3 is 2.39 bits per heavy atom. The molecule has 0 unspecified atom stereocenters. The molecule has 1 heterocycles. The van der Waals surface area contributed by atoms with Crippen LogP contribution in [-0.4, -0.2) is 10.5 Å². The average molecular weight is 240 g/mol. The Balaban J connectivity index is 1.91. The van der Waals surface area contributed by atoms with Crippen LogP contribution in [0.4, 0.5) is 5.82 Å². The first kappa shape index (κ1) is 12.6. The van der Waals surface area contributed by atoms with Crippen LogP contribution in [0, 0.1) is 0 Å². The fourth-order valence-electron chi connectivity index (χ4n) is 1.95. The average Bonchev–Trinajstić information content (AvgIpc) is 2.38. The molecule has 0 fully saturated rings. The van der Waals surface area contributed by atoms with Gasteiger partial charge in [-0.15, -0.1) is 0 Å². The molecule has 0 radical (unpaired) electrons. The van der Waals surface area contributed by atoms with Gasteiger partial charge in [0.05, 0.1) is 0 Å². The van der Waals surface area contributed by atoms with E-state index in [0.717, 1.165) is 18.7 Å². The second-order valence-electron chi connectivity index (χ2n) is 5.21. The van der Waals surface area contributed by atoms with E-state index in [4.69, 9.17) is 0 Å². The van der Waals surface area contributed by atoms with Gasteiger partial charge in [0, 0.05) is 11.7 Å². The molecule has 2 heteroatoms. The number of aromatic nitrogens is 1. The minimum absolute atomic E-state index is 0.0458. The summed E-state index contributed by atoms with van der Waals surface area (Å²) >= 11 is 0. The predicted molar refractivity (Wildman–Crippen MR) is 76.7 cm³/mol. The maximum absolute atomic E-state index is 4.31. The standard InChI is InChI=1S/C16H20N2/c1-16(2,18-15-10-6-7-13-17-15)12-11-14-8-4-3-5-9-14/h3-10,13H,11-12H2,1-2H3,(H,17,18). The molecule has 0 aliphatic carbocycles. The van der Waals surface area contributed by atoms with Crippen molar-refractivity contribution in [1.82, 2.24) is 4.98 Å². The molecule has 2 nitrogen and oxygen atoms in total. The molecule has 2 rings (SSSR count). The minimum atomic E-state index is 0.0458. The van der Waals surface area contributed by atoms with E-state index in [2.05, 4.69) is 54.5 Å². The maximum atomic E-state index is 4.31. The molecule has 94 valence electrons. The molecule has 0 saturated heterocycles. The van der Waals surface area contributed by atoms with Gasteiger partial charge in [-0.2, -0.15) is 0 Å². The normalized spacial score (nSPS) is 11.2. The fraction of sp³-hybridized carbons (Fsp3) is 0.312. The lowest BCUT2D eigenvalue weighted by molar-refractivity contribution is 0.516. The summed E-state index contributed by atoms with van der Waals surface area (Å²) in [5.41, 5.74) is 1.43. The zero-order valence-electron chi connectivity index (χ0n) is 11.1. The van der Waals surface area contributed by atoms with Crippen molar-refractivity contribution in [3.8, 4) is 0 Å². The molecule has 1 N–H and O–H groups in total. The molecule has 1 aromatic carbocycles. The molecule has 0 spiro atoms. The number of nitrogens with one attached hydrogen (secondary N) is 1. The van der Waals surface area contributed by atoms with Crippen molar-refractivity contribution < 1.29 is 0 Å². The molecular weight excluding hydrogens is 220 g/mol. The van der Waals surface area contributed by atoms with Gasteiger partial charge in [0.2, 0.25) is 0 Å². The molecular formula is C16H20N2. The summed E-state index contributed by atoms with van der Waals surface area (Å²) in [6, 6.07) is 16.5. The van der Waals surface area contributed by atoms with Gasteiger partial charge in [-0.05, 0) is 44.4 Å². The molecule has 2 aromatic rings. The minimum Gasteiger partial charge on any atom is -0.365 e. The second kappa shape index (κ2) is 5.67. The van der Waals surface area contributed by atoms with Crippen LogP contribution in [0.3, 0.4) is 0 Å². The van der Waals surface area contributed by atoms with Crippen molar-refractivity contribution in [2.45, 2.75) is 32.2 Å². The highest BCUT2D eigenvalue weighted by molar-refractivity contribution is 5.36. The third-order valence-electron chi connectivity index (χ3n) is 3.01. The first-order valence-electron chi connectivity index (χ1n) is 6.39. The van der Waals surface area contributed by atoms with Gasteiger partial charge in [0.15, 0.2) is 0 Å². The third kappa shape index (κ3) is 3.88. The molecule has 0 aliphatic rings. The van der Waals surface area contributed by atoms with Crippen molar-refractivity contribution in [3.63, 3.8) is 0 Å². The van der Waals surface area contributed by atoms with Crippen LogP contribution in [0.2, 0.25) is 0 Å². The fourth-order valence-corrected chi connectivity index (χ4v) is 1.95. The lowest BCUT2D eigenvalue weighted by Crippen LogP contribution is -2.31. The van der Waals surface area contributed by atoms with Crippen LogP contribution in [0.1, 0.15) is 25.8 Å². The molecule has 0 saturated carbocycles. The van der Waals surface area contributed by atoms with Crippen molar-refractivity contribution in [2.75, 3.05) is 5.32 Å². The quantitative estimate of drug-likeness (QED) is 0.857. The number of aryl methyl sites for hydroxylation is 1. The smallest absolute Gasteiger partial charge is 0.126 e. The van der Waals surface area contributed by atoms with Crippen LogP contribution in [0.25, 0.3) is 0 Å². The zero-order chi connectivity index (χ0) is 12.8. The van der Waals surface area contributed by atoms with Crippen molar-refractivity contribution in [2.24, 2.45) is 0 Å². The van der Waals surface area contributed by atoms with Crippen molar-refractivity contribution >= 4 is 5.82 Å². The summed E-state index contributed by atoms with van der Waals surface area (Å²) in [5.74, 6) is 0.940. The van der Waals surface area contributed by atoms with Gasteiger partial charge in [-0.3, -0.25) is 0 Å². The highest BCUT2D eigenvalue weighted by Gasteiger charge is 2.17. The molecule has 0 bridgehead atoms. The monoisotopic (exact) mass is 240 g/mol. The van der Waals surface area contributed by atoms with E-state index in [1.165, 1.54) is 5.56 Å². The number of anilines is 1. The summed E-state index contributed by atoms with van der Waals surface area (Å²) in [6.45, 7) is 4.43. The van der Waals surface area contributed by atoms with Gasteiger partial charge >= 0.3 is 0 Å². The van der Waals surface area contributed by atoms with E-state index in [9.17, 15) is 0 Å². The maximum Gasteiger partial charge on any atom is 0.126 e. The number of benzene rings is 1. The van der Waals surface area contributed by atoms with Gasteiger partial charge in [-0.25, -0.2) is 4.98 Å². The Morgan fingerprint density at radius 2 is 1.72 bits per heavy atom. The molecule has 0 amide bonds. The highest BCUT2D eigenvalue weighted by Crippen LogP contribution is 2.18. The summed E-state index contributed by atoms with van der Waals surface area (Å²) in [5, 5.41) is 3.48. The number of nitrogens with zero attached hydrogens (tertiary/aromatic N) is 1. The number of hydrogen-bond acceptors (Lipinski definition) is 2. The number of pyridine rings is 1. The summed E-state index contributed by atoms with van der Waals surface area (Å²) in [7, 11) is 0. The van der Waals surface area contributed by atoms with Crippen LogP contribution in [-0.2, 0) is 6.42 Å². The van der Waals surface area contributed by atoms with E-state index in [1.807, 2.05) is 24.4 Å². The first-order valence-corrected chi connectivity index (χ1v) is 6.39. The molecule has 0 aliphatic heterocycles.